The summed E-state index contributed by atoms with van der Waals surface area (Å²) < 4.78 is 0. The van der Waals surface area contributed by atoms with Gasteiger partial charge in [0.1, 0.15) is 0 Å². The summed E-state index contributed by atoms with van der Waals surface area (Å²) in [5, 5.41) is 3.47. The second-order valence-corrected chi connectivity index (χ2v) is 8.15. The second-order valence-electron chi connectivity index (χ2n) is 7.71. The van der Waals surface area contributed by atoms with Crippen LogP contribution in [0.2, 0.25) is 5.02 Å². The number of urea groups is 1. The first-order valence-corrected chi connectivity index (χ1v) is 10.7. The molecule has 3 aromatic carbocycles. The SMILES string of the molecule is Cc1cccc(CN2CCCN(c3cccc(C(=O)Nc4ccc(Cl)cc4)c3)C2=O)c1. The molecular formula is C25H24ClN3O2. The summed E-state index contributed by atoms with van der Waals surface area (Å²) >= 11 is 5.90. The number of halogens is 1. The first-order valence-electron chi connectivity index (χ1n) is 10.3. The molecule has 1 fully saturated rings. The summed E-state index contributed by atoms with van der Waals surface area (Å²) in [5.41, 5.74) is 4.18. The van der Waals surface area contributed by atoms with E-state index in [4.69, 9.17) is 11.6 Å². The summed E-state index contributed by atoms with van der Waals surface area (Å²) in [6.45, 7) is 3.98. The van der Waals surface area contributed by atoms with E-state index in [2.05, 4.69) is 24.4 Å². The average molecular weight is 434 g/mol. The maximum absolute atomic E-state index is 13.2. The molecule has 0 saturated carbocycles. The lowest BCUT2D eigenvalue weighted by Crippen LogP contribution is -2.49. The minimum absolute atomic E-state index is 0.0389. The molecule has 6 heteroatoms. The zero-order chi connectivity index (χ0) is 21.8. The Bertz CT molecular complexity index is 1100. The van der Waals surface area contributed by atoms with E-state index < -0.39 is 0 Å². The molecule has 0 aliphatic carbocycles. The number of aryl methyl sites for hydroxylation is 1. The fourth-order valence-electron chi connectivity index (χ4n) is 3.75. The standard InChI is InChI=1S/C25H24ClN3O2/c1-18-5-2-6-19(15-18)17-28-13-4-14-29(25(28)31)23-8-3-7-20(16-23)24(30)27-22-11-9-21(26)10-12-22/h2-3,5-12,15-16H,4,13-14,17H2,1H3,(H,27,30). The third-order valence-electron chi connectivity index (χ3n) is 5.29. The van der Waals surface area contributed by atoms with E-state index in [1.54, 1.807) is 47.4 Å². The Balaban J connectivity index is 1.49. The zero-order valence-corrected chi connectivity index (χ0v) is 18.1. The summed E-state index contributed by atoms with van der Waals surface area (Å²) in [6.07, 6.45) is 0.874. The van der Waals surface area contributed by atoms with Crippen LogP contribution in [0.3, 0.4) is 0 Å². The quantitative estimate of drug-likeness (QED) is 0.558. The van der Waals surface area contributed by atoms with Crippen molar-refractivity contribution in [2.75, 3.05) is 23.3 Å². The van der Waals surface area contributed by atoms with Gasteiger partial charge in [-0.1, -0.05) is 47.5 Å². The van der Waals surface area contributed by atoms with E-state index in [1.807, 2.05) is 23.1 Å². The van der Waals surface area contributed by atoms with Crippen LogP contribution in [0.5, 0.6) is 0 Å². The Morgan fingerprint density at radius 2 is 1.77 bits per heavy atom. The molecule has 0 unspecified atom stereocenters. The number of rotatable bonds is 5. The number of carbonyl (C=O) groups is 2. The maximum atomic E-state index is 13.2. The highest BCUT2D eigenvalue weighted by atomic mass is 35.5. The molecule has 0 aromatic heterocycles. The molecule has 3 aromatic rings. The highest BCUT2D eigenvalue weighted by Crippen LogP contribution is 2.23. The largest absolute Gasteiger partial charge is 0.324 e. The maximum Gasteiger partial charge on any atom is 0.324 e. The van der Waals surface area contributed by atoms with Gasteiger partial charge in [0.25, 0.3) is 5.91 Å². The fourth-order valence-corrected chi connectivity index (χ4v) is 3.88. The number of hydrogen-bond donors (Lipinski definition) is 1. The van der Waals surface area contributed by atoms with Crippen molar-refractivity contribution in [2.45, 2.75) is 19.9 Å². The van der Waals surface area contributed by atoms with Crippen molar-refractivity contribution in [1.82, 2.24) is 4.90 Å². The molecule has 5 nitrogen and oxygen atoms in total. The van der Waals surface area contributed by atoms with Crippen LogP contribution < -0.4 is 10.2 Å². The van der Waals surface area contributed by atoms with Gasteiger partial charge in [-0.3, -0.25) is 9.69 Å². The molecule has 0 radical (unpaired) electrons. The fraction of sp³-hybridized carbons (Fsp3) is 0.200. The molecule has 1 aliphatic heterocycles. The van der Waals surface area contributed by atoms with Crippen molar-refractivity contribution >= 4 is 34.9 Å². The number of anilines is 2. The molecule has 3 amide bonds. The summed E-state index contributed by atoms with van der Waals surface area (Å²) in [7, 11) is 0. The van der Waals surface area contributed by atoms with E-state index in [0.717, 1.165) is 24.2 Å². The second kappa shape index (κ2) is 9.23. The minimum atomic E-state index is -0.231. The molecule has 1 aliphatic rings. The molecule has 0 atom stereocenters. The van der Waals surface area contributed by atoms with Gasteiger partial charge in [0, 0.05) is 41.6 Å². The van der Waals surface area contributed by atoms with Crippen LogP contribution in [0.4, 0.5) is 16.2 Å². The zero-order valence-electron chi connectivity index (χ0n) is 17.3. The van der Waals surface area contributed by atoms with Gasteiger partial charge in [-0.15, -0.1) is 0 Å². The van der Waals surface area contributed by atoms with Crippen molar-refractivity contribution in [3.63, 3.8) is 0 Å². The molecule has 1 saturated heterocycles. The predicted molar refractivity (Wildman–Crippen MR) is 125 cm³/mol. The van der Waals surface area contributed by atoms with Gasteiger partial charge in [-0.25, -0.2) is 4.79 Å². The van der Waals surface area contributed by atoms with Gasteiger partial charge in [0.2, 0.25) is 0 Å². The Kier molecular flexibility index (Phi) is 6.23. The van der Waals surface area contributed by atoms with Gasteiger partial charge in [-0.05, 0) is 61.4 Å². The topological polar surface area (TPSA) is 52.6 Å². The summed E-state index contributed by atoms with van der Waals surface area (Å²) in [5.74, 6) is -0.231. The molecular weight excluding hydrogens is 410 g/mol. The lowest BCUT2D eigenvalue weighted by atomic mass is 10.1. The lowest BCUT2D eigenvalue weighted by molar-refractivity contribution is 0.102. The molecule has 158 valence electrons. The lowest BCUT2D eigenvalue weighted by Gasteiger charge is -2.36. The third-order valence-corrected chi connectivity index (χ3v) is 5.54. The van der Waals surface area contributed by atoms with Crippen molar-refractivity contribution in [3.05, 3.63) is 94.5 Å². The normalized spacial score (nSPS) is 13.9. The van der Waals surface area contributed by atoms with Gasteiger partial charge in [0.05, 0.1) is 0 Å². The third kappa shape index (κ3) is 5.06. The molecule has 0 bridgehead atoms. The Morgan fingerprint density at radius 1 is 1.00 bits per heavy atom. The smallest absolute Gasteiger partial charge is 0.322 e. The Morgan fingerprint density at radius 3 is 2.55 bits per heavy atom. The monoisotopic (exact) mass is 433 g/mol. The predicted octanol–water partition coefficient (Wildman–Crippen LogP) is 5.73. The molecule has 4 rings (SSSR count). The minimum Gasteiger partial charge on any atom is -0.322 e. The molecule has 31 heavy (non-hydrogen) atoms. The van der Waals surface area contributed by atoms with Crippen LogP contribution in [-0.2, 0) is 6.54 Å². The van der Waals surface area contributed by atoms with E-state index >= 15 is 0 Å². The summed E-state index contributed by atoms with van der Waals surface area (Å²) in [6, 6.07) is 22.3. The van der Waals surface area contributed by atoms with E-state index in [0.29, 0.717) is 29.4 Å². The van der Waals surface area contributed by atoms with Crippen molar-refractivity contribution < 1.29 is 9.59 Å². The van der Waals surface area contributed by atoms with Crippen LogP contribution in [-0.4, -0.2) is 29.9 Å². The number of benzene rings is 3. The van der Waals surface area contributed by atoms with E-state index in [1.165, 1.54) is 5.56 Å². The number of carbonyl (C=O) groups excluding carboxylic acids is 2. The van der Waals surface area contributed by atoms with Crippen molar-refractivity contribution in [3.8, 4) is 0 Å². The van der Waals surface area contributed by atoms with E-state index in [-0.39, 0.29) is 11.9 Å². The van der Waals surface area contributed by atoms with Gasteiger partial charge in [-0.2, -0.15) is 0 Å². The van der Waals surface area contributed by atoms with E-state index in [9.17, 15) is 9.59 Å². The van der Waals surface area contributed by atoms with Crippen LogP contribution in [0.1, 0.15) is 27.9 Å². The molecule has 1 N–H and O–H groups in total. The van der Waals surface area contributed by atoms with Crippen LogP contribution >= 0.6 is 11.6 Å². The highest BCUT2D eigenvalue weighted by Gasteiger charge is 2.27. The van der Waals surface area contributed by atoms with Gasteiger partial charge in [0.15, 0.2) is 0 Å². The first kappa shape index (κ1) is 20.9. The number of nitrogens with one attached hydrogen (secondary N) is 1. The molecule has 0 spiro atoms. The average Bonchev–Trinajstić information content (AvgIpc) is 2.77. The summed E-state index contributed by atoms with van der Waals surface area (Å²) in [4.78, 5) is 29.5. The van der Waals surface area contributed by atoms with Crippen molar-refractivity contribution in [1.29, 1.82) is 0 Å². The first-order chi connectivity index (χ1) is 15.0. The number of nitrogens with zero attached hydrogens (tertiary/aromatic N) is 2. The molecule has 1 heterocycles. The number of hydrogen-bond acceptors (Lipinski definition) is 2. The Labute approximate surface area is 187 Å². The number of amides is 3. The van der Waals surface area contributed by atoms with Gasteiger partial charge >= 0.3 is 6.03 Å². The van der Waals surface area contributed by atoms with Crippen LogP contribution in [0.15, 0.2) is 72.8 Å². The van der Waals surface area contributed by atoms with Crippen molar-refractivity contribution in [2.24, 2.45) is 0 Å². The highest BCUT2D eigenvalue weighted by molar-refractivity contribution is 6.30. The van der Waals surface area contributed by atoms with Crippen LogP contribution in [0.25, 0.3) is 0 Å². The van der Waals surface area contributed by atoms with Gasteiger partial charge < -0.3 is 10.2 Å². The Hall–Kier alpha value is -3.31. The van der Waals surface area contributed by atoms with Crippen LogP contribution in [0, 0.1) is 6.92 Å².